The number of aromatic nitrogens is 1. The van der Waals surface area contributed by atoms with Crippen LogP contribution in [0.3, 0.4) is 0 Å². The first-order valence-corrected chi connectivity index (χ1v) is 6.32. The van der Waals surface area contributed by atoms with Crippen molar-refractivity contribution in [3.05, 3.63) is 18.3 Å². The van der Waals surface area contributed by atoms with E-state index in [9.17, 15) is 0 Å². The predicted octanol–water partition coefficient (Wildman–Crippen LogP) is 1.99. The molecule has 0 bridgehead atoms. The molecule has 1 aliphatic heterocycles. The van der Waals surface area contributed by atoms with Gasteiger partial charge < -0.3 is 15.0 Å². The summed E-state index contributed by atoms with van der Waals surface area (Å²) < 4.78 is 5.68. The van der Waals surface area contributed by atoms with Crippen molar-refractivity contribution >= 4 is 5.82 Å². The first-order chi connectivity index (χ1) is 8.29. The Bertz CT molecular complexity index is 356. The Morgan fingerprint density at radius 2 is 2.47 bits per heavy atom. The van der Waals surface area contributed by atoms with E-state index in [-0.39, 0.29) is 0 Å². The van der Waals surface area contributed by atoms with Crippen molar-refractivity contribution in [3.8, 4) is 5.75 Å². The number of pyridine rings is 1. The number of likely N-dealkylation sites (N-methyl/N-ethyl adjacent to an activating group) is 1. The summed E-state index contributed by atoms with van der Waals surface area (Å²) >= 11 is 0. The maximum atomic E-state index is 5.68. The van der Waals surface area contributed by atoms with Crippen molar-refractivity contribution in [1.82, 2.24) is 9.88 Å². The normalized spacial score (nSPS) is 20.5. The van der Waals surface area contributed by atoms with Crippen LogP contribution < -0.4 is 10.1 Å². The van der Waals surface area contributed by atoms with Gasteiger partial charge in [-0.2, -0.15) is 0 Å². The van der Waals surface area contributed by atoms with E-state index in [0.29, 0.717) is 6.04 Å². The average Bonchev–Trinajstić information content (AvgIpc) is 2.74. The van der Waals surface area contributed by atoms with E-state index < -0.39 is 0 Å². The summed E-state index contributed by atoms with van der Waals surface area (Å²) in [6, 6.07) is 4.37. The quantitative estimate of drug-likeness (QED) is 0.847. The number of rotatable bonds is 5. The minimum atomic E-state index is 0.485. The van der Waals surface area contributed by atoms with Gasteiger partial charge in [-0.3, -0.25) is 0 Å². The van der Waals surface area contributed by atoms with E-state index in [1.807, 2.05) is 12.1 Å². The molecular weight excluding hydrogens is 214 g/mol. The zero-order valence-electron chi connectivity index (χ0n) is 10.6. The van der Waals surface area contributed by atoms with Crippen LogP contribution in [0.2, 0.25) is 0 Å². The van der Waals surface area contributed by atoms with Crippen molar-refractivity contribution < 1.29 is 4.74 Å². The SMILES string of the molecule is CCCOc1cccnc1NC1CCN(C)C1. The summed E-state index contributed by atoms with van der Waals surface area (Å²) in [6.07, 6.45) is 3.99. The lowest BCUT2D eigenvalue weighted by Gasteiger charge is -2.16. The fourth-order valence-electron chi connectivity index (χ4n) is 2.07. The Hall–Kier alpha value is -1.29. The number of nitrogens with one attached hydrogen (secondary N) is 1. The molecule has 4 heteroatoms. The molecule has 0 aliphatic carbocycles. The van der Waals surface area contributed by atoms with E-state index in [4.69, 9.17) is 4.74 Å². The molecule has 94 valence electrons. The molecule has 1 aliphatic rings. The highest BCUT2D eigenvalue weighted by Gasteiger charge is 2.20. The minimum absolute atomic E-state index is 0.485. The molecule has 0 spiro atoms. The van der Waals surface area contributed by atoms with E-state index in [2.05, 4.69) is 29.2 Å². The molecule has 4 nitrogen and oxygen atoms in total. The first kappa shape index (κ1) is 12.2. The lowest BCUT2D eigenvalue weighted by atomic mass is 10.2. The smallest absolute Gasteiger partial charge is 0.169 e. The molecule has 1 aromatic heterocycles. The van der Waals surface area contributed by atoms with E-state index in [1.165, 1.54) is 6.42 Å². The Balaban J connectivity index is 1.99. The summed E-state index contributed by atoms with van der Waals surface area (Å²) in [5.74, 6) is 1.74. The standard InChI is InChI=1S/C13H21N3O/c1-3-9-17-12-5-4-7-14-13(12)15-11-6-8-16(2)10-11/h4-5,7,11H,3,6,8-10H2,1-2H3,(H,14,15). The topological polar surface area (TPSA) is 37.4 Å². The molecule has 0 amide bonds. The second kappa shape index (κ2) is 5.87. The van der Waals surface area contributed by atoms with Gasteiger partial charge in [-0.05, 0) is 38.6 Å². The molecule has 17 heavy (non-hydrogen) atoms. The van der Waals surface area contributed by atoms with Gasteiger partial charge in [0.05, 0.1) is 6.61 Å². The highest BCUT2D eigenvalue weighted by Crippen LogP contribution is 2.23. The molecule has 1 fully saturated rings. The Labute approximate surface area is 103 Å². The number of hydrogen-bond donors (Lipinski definition) is 1. The molecule has 1 unspecified atom stereocenters. The molecule has 0 radical (unpaired) electrons. The third kappa shape index (κ3) is 3.33. The summed E-state index contributed by atoms with van der Waals surface area (Å²) in [7, 11) is 2.15. The van der Waals surface area contributed by atoms with Crippen molar-refractivity contribution in [2.75, 3.05) is 32.1 Å². The van der Waals surface area contributed by atoms with Crippen LogP contribution in [0.4, 0.5) is 5.82 Å². The molecule has 1 N–H and O–H groups in total. The van der Waals surface area contributed by atoms with Crippen LogP contribution >= 0.6 is 0 Å². The van der Waals surface area contributed by atoms with Crippen molar-refractivity contribution in [3.63, 3.8) is 0 Å². The van der Waals surface area contributed by atoms with Crippen LogP contribution in [0.1, 0.15) is 19.8 Å². The second-order valence-corrected chi connectivity index (χ2v) is 4.59. The zero-order valence-corrected chi connectivity index (χ0v) is 10.6. The van der Waals surface area contributed by atoms with Crippen molar-refractivity contribution in [2.24, 2.45) is 0 Å². The Morgan fingerprint density at radius 3 is 3.18 bits per heavy atom. The molecule has 1 atom stereocenters. The summed E-state index contributed by atoms with van der Waals surface area (Å²) in [5.41, 5.74) is 0. The number of ether oxygens (including phenoxy) is 1. The van der Waals surface area contributed by atoms with Crippen LogP contribution in [0.15, 0.2) is 18.3 Å². The molecule has 0 saturated carbocycles. The van der Waals surface area contributed by atoms with Gasteiger partial charge in [0.15, 0.2) is 11.6 Å². The highest BCUT2D eigenvalue weighted by molar-refractivity contribution is 5.50. The van der Waals surface area contributed by atoms with Crippen LogP contribution in [-0.4, -0.2) is 42.7 Å². The van der Waals surface area contributed by atoms with Gasteiger partial charge >= 0.3 is 0 Å². The third-order valence-corrected chi connectivity index (χ3v) is 2.96. The van der Waals surface area contributed by atoms with Crippen LogP contribution in [-0.2, 0) is 0 Å². The number of likely N-dealkylation sites (tertiary alicyclic amines) is 1. The maximum Gasteiger partial charge on any atom is 0.169 e. The summed E-state index contributed by atoms with van der Waals surface area (Å²) in [5, 5.41) is 3.47. The largest absolute Gasteiger partial charge is 0.490 e. The van der Waals surface area contributed by atoms with Crippen LogP contribution in [0.5, 0.6) is 5.75 Å². The van der Waals surface area contributed by atoms with Gasteiger partial charge in [0.2, 0.25) is 0 Å². The molecular formula is C13H21N3O. The van der Waals surface area contributed by atoms with Crippen LogP contribution in [0.25, 0.3) is 0 Å². The third-order valence-electron chi connectivity index (χ3n) is 2.96. The Morgan fingerprint density at radius 1 is 1.59 bits per heavy atom. The molecule has 1 aromatic rings. The molecule has 2 rings (SSSR count). The van der Waals surface area contributed by atoms with Gasteiger partial charge in [-0.25, -0.2) is 4.98 Å². The average molecular weight is 235 g/mol. The zero-order chi connectivity index (χ0) is 12.1. The monoisotopic (exact) mass is 235 g/mol. The number of nitrogens with zero attached hydrogens (tertiary/aromatic N) is 2. The van der Waals surface area contributed by atoms with Gasteiger partial charge in [0.1, 0.15) is 0 Å². The van der Waals surface area contributed by atoms with Crippen LogP contribution in [0, 0.1) is 0 Å². The maximum absolute atomic E-state index is 5.68. The van der Waals surface area contributed by atoms with Gasteiger partial charge in [0, 0.05) is 18.8 Å². The van der Waals surface area contributed by atoms with Crippen molar-refractivity contribution in [2.45, 2.75) is 25.8 Å². The number of hydrogen-bond acceptors (Lipinski definition) is 4. The highest BCUT2D eigenvalue weighted by atomic mass is 16.5. The van der Waals surface area contributed by atoms with Gasteiger partial charge in [-0.1, -0.05) is 6.92 Å². The summed E-state index contributed by atoms with van der Waals surface area (Å²) in [6.45, 7) is 5.07. The molecule has 0 aromatic carbocycles. The Kier molecular flexibility index (Phi) is 4.20. The molecule has 1 saturated heterocycles. The second-order valence-electron chi connectivity index (χ2n) is 4.59. The van der Waals surface area contributed by atoms with Gasteiger partial charge in [-0.15, -0.1) is 0 Å². The van der Waals surface area contributed by atoms with E-state index >= 15 is 0 Å². The predicted molar refractivity (Wildman–Crippen MR) is 69.5 cm³/mol. The minimum Gasteiger partial charge on any atom is -0.490 e. The van der Waals surface area contributed by atoms with Gasteiger partial charge in [0.25, 0.3) is 0 Å². The first-order valence-electron chi connectivity index (χ1n) is 6.32. The van der Waals surface area contributed by atoms with Crippen molar-refractivity contribution in [1.29, 1.82) is 0 Å². The fraction of sp³-hybridized carbons (Fsp3) is 0.615. The fourth-order valence-corrected chi connectivity index (χ4v) is 2.07. The lowest BCUT2D eigenvalue weighted by molar-refractivity contribution is 0.317. The summed E-state index contributed by atoms with van der Waals surface area (Å²) in [4.78, 5) is 6.69. The van der Waals surface area contributed by atoms with E-state index in [1.54, 1.807) is 6.20 Å². The van der Waals surface area contributed by atoms with E-state index in [0.717, 1.165) is 37.7 Å². The number of anilines is 1. The lowest BCUT2D eigenvalue weighted by Crippen LogP contribution is -2.24. The molecule has 2 heterocycles.